The topological polar surface area (TPSA) is 108 Å². The molecule has 29 heavy (non-hydrogen) atoms. The third-order valence-corrected chi connectivity index (χ3v) is 6.40. The zero-order valence-corrected chi connectivity index (χ0v) is 17.7. The molecule has 2 aromatic carbocycles. The summed E-state index contributed by atoms with van der Waals surface area (Å²) in [5.74, 6) is 0. The molecule has 0 spiro atoms. The highest BCUT2D eigenvalue weighted by Crippen LogP contribution is 2.29. The van der Waals surface area contributed by atoms with Crippen LogP contribution in [0.2, 0.25) is 0 Å². The number of sulfonamides is 1. The van der Waals surface area contributed by atoms with Crippen molar-refractivity contribution in [3.63, 3.8) is 0 Å². The molecule has 0 fully saturated rings. The molecule has 0 bridgehead atoms. The van der Waals surface area contributed by atoms with Gasteiger partial charge in [0.15, 0.2) is 0 Å². The molecular formula is C19H25N5O4S. The van der Waals surface area contributed by atoms with Crippen molar-refractivity contribution in [1.29, 1.82) is 0 Å². The van der Waals surface area contributed by atoms with Crippen LogP contribution < -0.4 is 10.3 Å². The second-order valence-electron chi connectivity index (χ2n) is 6.38. The molecule has 0 unspecified atom stereocenters. The summed E-state index contributed by atoms with van der Waals surface area (Å²) >= 11 is 0. The largest absolute Gasteiger partial charge is 0.378 e. The second-order valence-corrected chi connectivity index (χ2v) is 8.29. The van der Waals surface area contributed by atoms with E-state index in [-0.39, 0.29) is 29.4 Å². The Morgan fingerprint density at radius 1 is 1.10 bits per heavy atom. The summed E-state index contributed by atoms with van der Waals surface area (Å²) in [4.78, 5) is 12.3. The molecule has 1 N–H and O–H groups in total. The minimum Gasteiger partial charge on any atom is -0.378 e. The number of benzene rings is 2. The van der Waals surface area contributed by atoms with Gasteiger partial charge in [-0.15, -0.1) is 0 Å². The first-order valence-corrected chi connectivity index (χ1v) is 10.5. The fourth-order valence-corrected chi connectivity index (χ4v) is 4.29. The van der Waals surface area contributed by atoms with Crippen LogP contribution in [-0.2, 0) is 10.0 Å². The molecule has 2 rings (SSSR count). The van der Waals surface area contributed by atoms with Gasteiger partial charge in [-0.05, 0) is 23.8 Å². The highest BCUT2D eigenvalue weighted by molar-refractivity contribution is 7.89. The Kier molecular flexibility index (Phi) is 7.29. The summed E-state index contributed by atoms with van der Waals surface area (Å²) in [5.41, 5.74) is 4.43. The molecule has 0 aromatic heterocycles. The molecule has 0 amide bonds. The van der Waals surface area contributed by atoms with Crippen LogP contribution in [0, 0.1) is 10.1 Å². The van der Waals surface area contributed by atoms with Crippen molar-refractivity contribution in [2.24, 2.45) is 5.10 Å². The van der Waals surface area contributed by atoms with Crippen LogP contribution in [0.4, 0.5) is 17.1 Å². The molecule has 0 aliphatic heterocycles. The number of nitro groups is 1. The van der Waals surface area contributed by atoms with E-state index in [1.54, 1.807) is 20.1 Å². The standard InChI is InChI=1S/C19H25N5O4S/c1-5-23(6-2)29(27,28)19-13-17(24(25)26)11-12-18(19)21-20-14-15-7-9-16(10-8-15)22(3)4/h7-14,21H,5-6H2,1-4H3/b20-14-. The van der Waals surface area contributed by atoms with Crippen molar-refractivity contribution in [1.82, 2.24) is 4.31 Å². The number of anilines is 2. The van der Waals surface area contributed by atoms with Crippen molar-refractivity contribution in [2.45, 2.75) is 18.7 Å². The Hall–Kier alpha value is -2.98. The molecule has 0 saturated heterocycles. The van der Waals surface area contributed by atoms with Crippen molar-refractivity contribution in [3.05, 3.63) is 58.1 Å². The number of rotatable bonds is 9. The van der Waals surface area contributed by atoms with Crippen molar-refractivity contribution >= 4 is 33.3 Å². The van der Waals surface area contributed by atoms with Gasteiger partial charge < -0.3 is 4.90 Å². The van der Waals surface area contributed by atoms with E-state index < -0.39 is 14.9 Å². The number of non-ortho nitro benzene ring substituents is 1. The smallest absolute Gasteiger partial charge is 0.270 e. The molecular weight excluding hydrogens is 394 g/mol. The maximum Gasteiger partial charge on any atom is 0.270 e. The lowest BCUT2D eigenvalue weighted by molar-refractivity contribution is -0.385. The van der Waals surface area contributed by atoms with Gasteiger partial charge in [-0.2, -0.15) is 9.41 Å². The van der Waals surface area contributed by atoms with E-state index in [0.29, 0.717) is 0 Å². The third kappa shape index (κ3) is 5.30. The number of nitrogens with zero attached hydrogens (tertiary/aromatic N) is 4. The second kappa shape index (κ2) is 9.48. The van der Waals surface area contributed by atoms with Gasteiger partial charge in [0.05, 0.1) is 16.8 Å². The Labute approximate surface area is 170 Å². The van der Waals surface area contributed by atoms with Gasteiger partial charge in [-0.25, -0.2) is 8.42 Å². The van der Waals surface area contributed by atoms with Gasteiger partial charge in [-0.3, -0.25) is 15.5 Å². The number of hydrogen-bond donors (Lipinski definition) is 1. The molecule has 0 saturated carbocycles. The monoisotopic (exact) mass is 419 g/mol. The Bertz CT molecular complexity index is 984. The summed E-state index contributed by atoms with van der Waals surface area (Å²) in [6.07, 6.45) is 1.55. The Morgan fingerprint density at radius 2 is 1.72 bits per heavy atom. The van der Waals surface area contributed by atoms with Crippen LogP contribution in [0.3, 0.4) is 0 Å². The predicted octanol–water partition coefficient (Wildman–Crippen LogP) is 3.14. The lowest BCUT2D eigenvalue weighted by atomic mass is 10.2. The summed E-state index contributed by atoms with van der Waals surface area (Å²) in [6, 6.07) is 11.3. The van der Waals surface area contributed by atoms with Crippen molar-refractivity contribution < 1.29 is 13.3 Å². The van der Waals surface area contributed by atoms with Gasteiger partial charge in [0.25, 0.3) is 5.69 Å². The normalized spacial score (nSPS) is 11.8. The van der Waals surface area contributed by atoms with E-state index >= 15 is 0 Å². The van der Waals surface area contributed by atoms with E-state index in [0.717, 1.165) is 17.3 Å². The maximum atomic E-state index is 12.9. The average molecular weight is 420 g/mol. The molecule has 2 aromatic rings. The van der Waals surface area contributed by atoms with E-state index in [4.69, 9.17) is 0 Å². The lowest BCUT2D eigenvalue weighted by Gasteiger charge is -2.20. The molecule has 0 heterocycles. The van der Waals surface area contributed by atoms with Crippen LogP contribution in [-0.4, -0.2) is 51.0 Å². The minimum atomic E-state index is -3.91. The quantitative estimate of drug-likeness (QED) is 0.380. The average Bonchev–Trinajstić information content (AvgIpc) is 2.69. The van der Waals surface area contributed by atoms with E-state index in [9.17, 15) is 18.5 Å². The summed E-state index contributed by atoms with van der Waals surface area (Å²) in [5, 5.41) is 15.2. The van der Waals surface area contributed by atoms with Gasteiger partial charge in [-0.1, -0.05) is 26.0 Å². The van der Waals surface area contributed by atoms with Crippen LogP contribution in [0.1, 0.15) is 19.4 Å². The minimum absolute atomic E-state index is 0.170. The first-order valence-electron chi connectivity index (χ1n) is 9.05. The van der Waals surface area contributed by atoms with Crippen LogP contribution >= 0.6 is 0 Å². The molecule has 0 aliphatic rings. The molecule has 0 atom stereocenters. The first-order chi connectivity index (χ1) is 13.7. The van der Waals surface area contributed by atoms with Gasteiger partial charge in [0.2, 0.25) is 10.0 Å². The molecule has 0 aliphatic carbocycles. The summed E-state index contributed by atoms with van der Waals surface area (Å²) < 4.78 is 27.1. The fraction of sp³-hybridized carbons (Fsp3) is 0.316. The summed E-state index contributed by atoms with van der Waals surface area (Å²) in [7, 11) is -0.0280. The Balaban J connectivity index is 2.35. The van der Waals surface area contributed by atoms with E-state index in [1.807, 2.05) is 43.3 Å². The van der Waals surface area contributed by atoms with Crippen LogP contribution in [0.25, 0.3) is 0 Å². The molecule has 0 radical (unpaired) electrons. The zero-order valence-electron chi connectivity index (χ0n) is 16.9. The Morgan fingerprint density at radius 3 is 2.24 bits per heavy atom. The van der Waals surface area contributed by atoms with Crippen molar-refractivity contribution in [3.8, 4) is 0 Å². The van der Waals surface area contributed by atoms with Gasteiger partial charge in [0, 0.05) is 45.0 Å². The van der Waals surface area contributed by atoms with Crippen molar-refractivity contribution in [2.75, 3.05) is 37.5 Å². The van der Waals surface area contributed by atoms with Gasteiger partial charge >= 0.3 is 0 Å². The number of hydrazone groups is 1. The maximum absolute atomic E-state index is 12.9. The fourth-order valence-electron chi connectivity index (χ4n) is 2.67. The van der Waals surface area contributed by atoms with E-state index in [2.05, 4.69) is 10.5 Å². The third-order valence-electron chi connectivity index (χ3n) is 4.31. The highest BCUT2D eigenvalue weighted by Gasteiger charge is 2.27. The summed E-state index contributed by atoms with van der Waals surface area (Å²) in [6.45, 7) is 3.92. The van der Waals surface area contributed by atoms with Gasteiger partial charge in [0.1, 0.15) is 4.90 Å². The van der Waals surface area contributed by atoms with E-state index in [1.165, 1.54) is 16.4 Å². The number of nitrogens with one attached hydrogen (secondary N) is 1. The number of hydrogen-bond acceptors (Lipinski definition) is 7. The SMILES string of the molecule is CCN(CC)S(=O)(=O)c1cc([N+](=O)[O-])ccc1N/N=C\c1ccc(N(C)C)cc1. The van der Waals surface area contributed by atoms with Crippen LogP contribution in [0.15, 0.2) is 52.5 Å². The highest BCUT2D eigenvalue weighted by atomic mass is 32.2. The molecule has 156 valence electrons. The molecule has 10 heteroatoms. The first kappa shape index (κ1) is 22.3. The molecule has 9 nitrogen and oxygen atoms in total. The lowest BCUT2D eigenvalue weighted by Crippen LogP contribution is -2.31. The predicted molar refractivity (Wildman–Crippen MR) is 115 cm³/mol. The number of nitro benzene ring substituents is 1. The zero-order chi connectivity index (χ0) is 21.6. The van der Waals surface area contributed by atoms with Crippen LogP contribution in [0.5, 0.6) is 0 Å².